The van der Waals surface area contributed by atoms with Gasteiger partial charge in [-0.15, -0.1) is 0 Å². The van der Waals surface area contributed by atoms with Gasteiger partial charge in [0.15, 0.2) is 13.1 Å². The molecule has 140 valence electrons. The van der Waals surface area contributed by atoms with Crippen LogP contribution in [0.3, 0.4) is 0 Å². The molecule has 0 radical (unpaired) electrons. The zero-order valence-corrected chi connectivity index (χ0v) is 15.4. The molecule has 8 heteroatoms. The van der Waals surface area contributed by atoms with E-state index < -0.39 is 17.5 Å². The molecule has 2 N–H and O–H groups in total. The molecular weight excluding hydrogens is 324 g/mol. The van der Waals surface area contributed by atoms with Gasteiger partial charge in [0, 0.05) is 7.05 Å². The standard InChI is InChI=1S/C17H28N4O4/c1-4-21(11-14(22)19-16(24)25-5-2)12-15(23)20(3)17(13-18)9-7-6-8-10-17/h4-12H2,1-3H3,(H,19,22,24)/p+1. The maximum atomic E-state index is 12.6. The average molecular weight is 353 g/mol. The largest absolute Gasteiger partial charge is 0.450 e. The van der Waals surface area contributed by atoms with E-state index in [4.69, 9.17) is 0 Å². The molecule has 1 fully saturated rings. The van der Waals surface area contributed by atoms with Crippen molar-refractivity contribution >= 4 is 17.9 Å². The molecule has 1 rings (SSSR count). The number of rotatable bonds is 7. The van der Waals surface area contributed by atoms with Gasteiger partial charge in [-0.05, 0) is 26.7 Å². The molecule has 0 aliphatic heterocycles. The first-order chi connectivity index (χ1) is 11.9. The highest BCUT2D eigenvalue weighted by atomic mass is 16.5. The van der Waals surface area contributed by atoms with Crippen LogP contribution in [0.4, 0.5) is 4.79 Å². The van der Waals surface area contributed by atoms with Gasteiger partial charge in [-0.2, -0.15) is 5.26 Å². The molecule has 0 aromatic carbocycles. The van der Waals surface area contributed by atoms with Crippen LogP contribution in [0.2, 0.25) is 0 Å². The fourth-order valence-corrected chi connectivity index (χ4v) is 3.09. The summed E-state index contributed by atoms with van der Waals surface area (Å²) in [7, 11) is 1.67. The van der Waals surface area contributed by atoms with Crippen LogP contribution in [0.1, 0.15) is 46.0 Å². The van der Waals surface area contributed by atoms with Crippen molar-refractivity contribution in [3.8, 4) is 6.07 Å². The number of nitrogens with zero attached hydrogens (tertiary/aromatic N) is 2. The van der Waals surface area contributed by atoms with Crippen molar-refractivity contribution in [3.63, 3.8) is 0 Å². The number of hydrogen-bond acceptors (Lipinski definition) is 5. The first kappa shape index (κ1) is 20.9. The summed E-state index contributed by atoms with van der Waals surface area (Å²) in [6, 6.07) is 2.33. The summed E-state index contributed by atoms with van der Waals surface area (Å²) in [5, 5.41) is 11.7. The second-order valence-electron chi connectivity index (χ2n) is 6.38. The molecule has 1 aliphatic rings. The first-order valence-electron chi connectivity index (χ1n) is 8.86. The number of nitrogens with one attached hydrogen (secondary N) is 2. The quantitative estimate of drug-likeness (QED) is 0.662. The molecule has 8 nitrogen and oxygen atoms in total. The Morgan fingerprint density at radius 1 is 1.20 bits per heavy atom. The highest BCUT2D eigenvalue weighted by molar-refractivity contribution is 5.92. The van der Waals surface area contributed by atoms with E-state index in [-0.39, 0.29) is 25.6 Å². The van der Waals surface area contributed by atoms with E-state index in [1.165, 1.54) is 0 Å². The molecule has 0 bridgehead atoms. The zero-order chi connectivity index (χ0) is 18.9. The molecule has 25 heavy (non-hydrogen) atoms. The van der Waals surface area contributed by atoms with Crippen LogP contribution in [-0.2, 0) is 14.3 Å². The van der Waals surface area contributed by atoms with Gasteiger partial charge in [-0.1, -0.05) is 19.3 Å². The Kier molecular flexibility index (Phi) is 8.35. The fraction of sp³-hybridized carbons (Fsp3) is 0.765. The van der Waals surface area contributed by atoms with Crippen molar-refractivity contribution in [3.05, 3.63) is 0 Å². The lowest BCUT2D eigenvalue weighted by atomic mass is 9.81. The van der Waals surface area contributed by atoms with E-state index >= 15 is 0 Å². The third kappa shape index (κ3) is 6.02. The lowest BCUT2D eigenvalue weighted by Crippen LogP contribution is -3.14. The predicted molar refractivity (Wildman–Crippen MR) is 90.6 cm³/mol. The van der Waals surface area contributed by atoms with Gasteiger partial charge < -0.3 is 14.5 Å². The van der Waals surface area contributed by atoms with E-state index in [2.05, 4.69) is 16.1 Å². The molecule has 1 saturated carbocycles. The number of quaternary nitrogens is 1. The SMILES string of the molecule is CCOC(=O)NC(=O)C[NH+](CC)CC(=O)N(C)C1(C#N)CCCCC1. The van der Waals surface area contributed by atoms with E-state index in [0.29, 0.717) is 19.4 Å². The lowest BCUT2D eigenvalue weighted by molar-refractivity contribution is -0.882. The van der Waals surface area contributed by atoms with Crippen LogP contribution in [0.15, 0.2) is 0 Å². The van der Waals surface area contributed by atoms with E-state index in [9.17, 15) is 19.6 Å². The number of carbonyl (C=O) groups is 3. The van der Waals surface area contributed by atoms with Crippen LogP contribution < -0.4 is 10.2 Å². The normalized spacial score (nSPS) is 17.0. The van der Waals surface area contributed by atoms with Gasteiger partial charge >= 0.3 is 6.09 Å². The minimum Gasteiger partial charge on any atom is -0.450 e. The second kappa shape index (κ2) is 9.99. The Morgan fingerprint density at radius 3 is 2.36 bits per heavy atom. The predicted octanol–water partition coefficient (Wildman–Crippen LogP) is -0.151. The Bertz CT molecular complexity index is 523. The second-order valence-corrected chi connectivity index (χ2v) is 6.38. The molecule has 0 aromatic rings. The maximum absolute atomic E-state index is 12.6. The molecule has 1 aliphatic carbocycles. The van der Waals surface area contributed by atoms with Gasteiger partial charge in [0.05, 0.1) is 19.2 Å². The van der Waals surface area contributed by atoms with Gasteiger partial charge in [-0.25, -0.2) is 4.79 Å². The zero-order valence-electron chi connectivity index (χ0n) is 15.4. The third-order valence-corrected chi connectivity index (χ3v) is 4.73. The summed E-state index contributed by atoms with van der Waals surface area (Å²) in [6.45, 7) is 4.35. The number of hydrogen-bond donors (Lipinski definition) is 2. The number of nitriles is 1. The molecule has 0 aromatic heterocycles. The van der Waals surface area contributed by atoms with Crippen molar-refractivity contribution in [1.82, 2.24) is 10.2 Å². The van der Waals surface area contributed by atoms with Gasteiger partial charge in [0.1, 0.15) is 5.54 Å². The van der Waals surface area contributed by atoms with Crippen molar-refractivity contribution in [2.45, 2.75) is 51.5 Å². The van der Waals surface area contributed by atoms with Gasteiger partial charge in [-0.3, -0.25) is 14.9 Å². The molecule has 0 saturated heterocycles. The minimum atomic E-state index is -0.781. The van der Waals surface area contributed by atoms with Crippen LogP contribution >= 0.6 is 0 Å². The van der Waals surface area contributed by atoms with Crippen molar-refractivity contribution in [2.75, 3.05) is 33.3 Å². The highest BCUT2D eigenvalue weighted by Crippen LogP contribution is 2.32. The molecule has 1 unspecified atom stereocenters. The lowest BCUT2D eigenvalue weighted by Gasteiger charge is -2.39. The molecule has 0 heterocycles. The van der Waals surface area contributed by atoms with Gasteiger partial charge in [0.2, 0.25) is 0 Å². The number of likely N-dealkylation sites (N-methyl/N-ethyl adjacent to an activating group) is 2. The Hall–Kier alpha value is -2.14. The van der Waals surface area contributed by atoms with Crippen LogP contribution in [0.5, 0.6) is 0 Å². The Balaban J connectivity index is 2.61. The number of carbonyl (C=O) groups excluding carboxylic acids is 3. The minimum absolute atomic E-state index is 0.00551. The van der Waals surface area contributed by atoms with Crippen LogP contribution in [-0.4, -0.2) is 61.6 Å². The number of imide groups is 1. The van der Waals surface area contributed by atoms with E-state index in [1.54, 1.807) is 18.9 Å². The Labute approximate surface area is 149 Å². The number of ether oxygens (including phenoxy) is 1. The summed E-state index contributed by atoms with van der Waals surface area (Å²) in [6.07, 6.45) is 3.57. The monoisotopic (exact) mass is 353 g/mol. The van der Waals surface area contributed by atoms with Crippen molar-refractivity contribution < 1.29 is 24.0 Å². The van der Waals surface area contributed by atoms with Gasteiger partial charge in [0.25, 0.3) is 11.8 Å². The van der Waals surface area contributed by atoms with Crippen molar-refractivity contribution in [1.29, 1.82) is 5.26 Å². The number of amides is 3. The maximum Gasteiger partial charge on any atom is 0.414 e. The summed E-state index contributed by atoms with van der Waals surface area (Å²) in [5.41, 5.74) is -0.735. The Morgan fingerprint density at radius 2 is 1.84 bits per heavy atom. The fourth-order valence-electron chi connectivity index (χ4n) is 3.09. The van der Waals surface area contributed by atoms with Crippen LogP contribution in [0, 0.1) is 11.3 Å². The molecular formula is C17H29N4O4+. The summed E-state index contributed by atoms with van der Waals surface area (Å²) in [5.74, 6) is -0.650. The number of alkyl carbamates (subject to hydrolysis) is 1. The summed E-state index contributed by atoms with van der Waals surface area (Å²) >= 11 is 0. The van der Waals surface area contributed by atoms with E-state index in [1.807, 2.05) is 6.92 Å². The summed E-state index contributed by atoms with van der Waals surface area (Å²) in [4.78, 5) is 38.0. The van der Waals surface area contributed by atoms with Crippen molar-refractivity contribution in [2.24, 2.45) is 0 Å². The molecule has 0 spiro atoms. The van der Waals surface area contributed by atoms with Crippen LogP contribution in [0.25, 0.3) is 0 Å². The highest BCUT2D eigenvalue weighted by Gasteiger charge is 2.39. The first-order valence-corrected chi connectivity index (χ1v) is 8.86. The smallest absolute Gasteiger partial charge is 0.414 e. The molecule has 1 atom stereocenters. The average Bonchev–Trinajstić information content (AvgIpc) is 2.60. The van der Waals surface area contributed by atoms with E-state index in [0.717, 1.165) is 24.2 Å². The topological polar surface area (TPSA) is 104 Å². The molecule has 3 amide bonds. The third-order valence-electron chi connectivity index (χ3n) is 4.73. The summed E-state index contributed by atoms with van der Waals surface area (Å²) < 4.78 is 4.66.